The molecule has 4 rings (SSSR count). The Bertz CT molecular complexity index is 1150. The minimum absolute atomic E-state index is 0.0558. The Morgan fingerprint density at radius 3 is 2.58 bits per heavy atom. The average molecular weight is 449 g/mol. The maximum Gasteiger partial charge on any atom is 0.259 e. The summed E-state index contributed by atoms with van der Waals surface area (Å²) < 4.78 is 16.7. The van der Waals surface area contributed by atoms with Gasteiger partial charge in [0, 0.05) is 13.2 Å². The maximum atomic E-state index is 13.2. The van der Waals surface area contributed by atoms with Gasteiger partial charge in [-0.2, -0.15) is 0 Å². The van der Waals surface area contributed by atoms with Gasteiger partial charge in [-0.1, -0.05) is 30.3 Å². The van der Waals surface area contributed by atoms with Crippen LogP contribution in [0.4, 0.5) is 5.69 Å². The molecule has 1 aliphatic heterocycles. The van der Waals surface area contributed by atoms with E-state index in [1.54, 1.807) is 25.3 Å². The molecule has 33 heavy (non-hydrogen) atoms. The molecule has 1 aliphatic rings. The molecule has 0 bridgehead atoms. The smallest absolute Gasteiger partial charge is 0.259 e. The second kappa shape index (κ2) is 10.4. The van der Waals surface area contributed by atoms with Crippen molar-refractivity contribution in [1.29, 1.82) is 0 Å². The highest BCUT2D eigenvalue weighted by atomic mass is 16.5. The van der Waals surface area contributed by atoms with Crippen LogP contribution in [0.2, 0.25) is 0 Å². The molecule has 3 aromatic rings. The molecule has 2 amide bonds. The molecule has 3 aromatic carbocycles. The molecule has 1 atom stereocenters. The third-order valence-electron chi connectivity index (χ3n) is 5.61. The molecule has 0 spiro atoms. The Hall–Kier alpha value is -3.58. The van der Waals surface area contributed by atoms with Crippen LogP contribution in [0.3, 0.4) is 0 Å². The van der Waals surface area contributed by atoms with Crippen LogP contribution in [0, 0.1) is 6.92 Å². The zero-order valence-electron chi connectivity index (χ0n) is 18.9. The van der Waals surface area contributed by atoms with E-state index in [-0.39, 0.29) is 24.5 Å². The summed E-state index contributed by atoms with van der Waals surface area (Å²) in [4.78, 5) is 25.6. The lowest BCUT2D eigenvalue weighted by Gasteiger charge is -2.15. The van der Waals surface area contributed by atoms with Crippen LogP contribution in [0.5, 0.6) is 11.5 Å². The van der Waals surface area contributed by atoms with Gasteiger partial charge in [0.2, 0.25) is 0 Å². The lowest BCUT2D eigenvalue weighted by Crippen LogP contribution is -2.35. The second-order valence-corrected chi connectivity index (χ2v) is 8.08. The number of fused-ring (bicyclic) bond motifs is 1. The number of aryl methyl sites for hydroxylation is 1. The molecule has 0 saturated carbocycles. The van der Waals surface area contributed by atoms with Gasteiger partial charge in [-0.3, -0.25) is 9.59 Å². The molecule has 1 fully saturated rings. The molecule has 0 radical (unpaired) electrons. The van der Waals surface area contributed by atoms with Gasteiger partial charge in [-0.05, 0) is 60.4 Å². The Morgan fingerprint density at radius 1 is 1.06 bits per heavy atom. The Balaban J connectivity index is 1.53. The normalized spacial score (nSPS) is 15.3. The van der Waals surface area contributed by atoms with Gasteiger partial charge in [-0.15, -0.1) is 0 Å². The first kappa shape index (κ1) is 22.6. The number of ether oxygens (including phenoxy) is 3. The fourth-order valence-electron chi connectivity index (χ4n) is 3.85. The summed E-state index contributed by atoms with van der Waals surface area (Å²) >= 11 is 0. The second-order valence-electron chi connectivity index (χ2n) is 8.08. The molecule has 0 unspecified atom stereocenters. The van der Waals surface area contributed by atoms with Crippen molar-refractivity contribution >= 4 is 28.3 Å². The van der Waals surface area contributed by atoms with Crippen molar-refractivity contribution in [2.75, 3.05) is 32.2 Å². The molecule has 7 heteroatoms. The number of rotatable bonds is 8. The first-order valence-electron chi connectivity index (χ1n) is 11.0. The van der Waals surface area contributed by atoms with Crippen molar-refractivity contribution in [2.24, 2.45) is 0 Å². The lowest BCUT2D eigenvalue weighted by atomic mass is 10.0. The Morgan fingerprint density at radius 2 is 1.85 bits per heavy atom. The highest BCUT2D eigenvalue weighted by molar-refractivity contribution is 6.09. The Kier molecular flexibility index (Phi) is 7.10. The first-order valence-corrected chi connectivity index (χ1v) is 11.0. The fourth-order valence-corrected chi connectivity index (χ4v) is 3.85. The van der Waals surface area contributed by atoms with Gasteiger partial charge in [-0.25, -0.2) is 0 Å². The van der Waals surface area contributed by atoms with E-state index in [9.17, 15) is 9.59 Å². The summed E-state index contributed by atoms with van der Waals surface area (Å²) in [6.45, 7) is 2.94. The maximum absolute atomic E-state index is 13.2. The fraction of sp³-hybridized carbons (Fsp3) is 0.308. The molecular weight excluding hydrogens is 420 g/mol. The van der Waals surface area contributed by atoms with Crippen molar-refractivity contribution in [3.05, 3.63) is 65.7 Å². The van der Waals surface area contributed by atoms with Crippen LogP contribution in [0.15, 0.2) is 54.6 Å². The van der Waals surface area contributed by atoms with Gasteiger partial charge in [0.15, 0.2) is 6.61 Å². The van der Waals surface area contributed by atoms with Gasteiger partial charge in [0.1, 0.15) is 11.5 Å². The van der Waals surface area contributed by atoms with Crippen LogP contribution in [-0.4, -0.2) is 44.8 Å². The van der Waals surface area contributed by atoms with E-state index in [1.165, 1.54) is 0 Å². The van der Waals surface area contributed by atoms with Crippen molar-refractivity contribution < 1.29 is 23.8 Å². The predicted molar refractivity (Wildman–Crippen MR) is 127 cm³/mol. The SMILES string of the molecule is COc1ccc(C)cc1NC(=O)c1cc2ccccc2cc1OCC(=O)NC[C@H]1CCCO1. The molecule has 0 aliphatic carbocycles. The largest absolute Gasteiger partial charge is 0.495 e. The van der Waals surface area contributed by atoms with Gasteiger partial charge >= 0.3 is 0 Å². The van der Waals surface area contributed by atoms with Crippen LogP contribution < -0.4 is 20.1 Å². The standard InChI is InChI=1S/C26H28N2O5/c1-17-9-10-23(31-2)22(12-17)28-26(30)21-13-18-6-3-4-7-19(18)14-24(21)33-16-25(29)27-15-20-8-5-11-32-20/h3-4,6-7,9-10,12-14,20H,5,8,11,15-16H2,1-2H3,(H,27,29)(H,28,30)/t20-/m1/s1. The van der Waals surface area contributed by atoms with Crippen LogP contribution >= 0.6 is 0 Å². The zero-order chi connectivity index (χ0) is 23.2. The topological polar surface area (TPSA) is 85.9 Å². The summed E-state index contributed by atoms with van der Waals surface area (Å²) in [5.41, 5.74) is 1.89. The van der Waals surface area contributed by atoms with Crippen LogP contribution in [0.1, 0.15) is 28.8 Å². The van der Waals surface area contributed by atoms with E-state index in [0.717, 1.165) is 35.8 Å². The summed E-state index contributed by atoms with van der Waals surface area (Å²) in [5.74, 6) is 0.292. The molecule has 0 aromatic heterocycles. The van der Waals surface area contributed by atoms with E-state index < -0.39 is 0 Å². The molecule has 2 N–H and O–H groups in total. The number of anilines is 1. The van der Waals surface area contributed by atoms with E-state index >= 15 is 0 Å². The minimum Gasteiger partial charge on any atom is -0.495 e. The van der Waals surface area contributed by atoms with E-state index in [2.05, 4.69) is 10.6 Å². The van der Waals surface area contributed by atoms with Crippen molar-refractivity contribution in [1.82, 2.24) is 5.32 Å². The average Bonchev–Trinajstić information content (AvgIpc) is 3.34. The quantitative estimate of drug-likeness (QED) is 0.542. The summed E-state index contributed by atoms with van der Waals surface area (Å²) in [6.07, 6.45) is 2.01. The minimum atomic E-state index is -0.348. The van der Waals surface area contributed by atoms with E-state index in [1.807, 2.05) is 43.3 Å². The highest BCUT2D eigenvalue weighted by Gasteiger charge is 2.19. The van der Waals surface area contributed by atoms with Crippen molar-refractivity contribution in [3.63, 3.8) is 0 Å². The summed E-state index contributed by atoms with van der Waals surface area (Å²) in [5, 5.41) is 7.56. The number of carbonyl (C=O) groups excluding carboxylic acids is 2. The third-order valence-corrected chi connectivity index (χ3v) is 5.61. The summed E-state index contributed by atoms with van der Waals surface area (Å²) in [7, 11) is 1.56. The molecule has 7 nitrogen and oxygen atoms in total. The number of methoxy groups -OCH3 is 1. The van der Waals surface area contributed by atoms with Crippen LogP contribution in [0.25, 0.3) is 10.8 Å². The predicted octanol–water partition coefficient (Wildman–Crippen LogP) is 4.08. The van der Waals surface area contributed by atoms with E-state index in [0.29, 0.717) is 29.3 Å². The molecular formula is C26H28N2O5. The zero-order valence-corrected chi connectivity index (χ0v) is 18.9. The third kappa shape index (κ3) is 5.62. The molecule has 1 heterocycles. The van der Waals surface area contributed by atoms with Crippen LogP contribution in [-0.2, 0) is 9.53 Å². The monoisotopic (exact) mass is 448 g/mol. The number of amides is 2. The lowest BCUT2D eigenvalue weighted by molar-refractivity contribution is -0.123. The van der Waals surface area contributed by atoms with Gasteiger partial charge in [0.05, 0.1) is 24.5 Å². The highest BCUT2D eigenvalue weighted by Crippen LogP contribution is 2.30. The van der Waals surface area contributed by atoms with Gasteiger partial charge < -0.3 is 24.8 Å². The first-order chi connectivity index (χ1) is 16.0. The molecule has 1 saturated heterocycles. The van der Waals surface area contributed by atoms with Crippen molar-refractivity contribution in [3.8, 4) is 11.5 Å². The number of hydrogen-bond acceptors (Lipinski definition) is 5. The molecule has 172 valence electrons. The Labute approximate surface area is 193 Å². The number of nitrogens with one attached hydrogen (secondary N) is 2. The number of benzene rings is 3. The van der Waals surface area contributed by atoms with Crippen molar-refractivity contribution in [2.45, 2.75) is 25.9 Å². The van der Waals surface area contributed by atoms with Gasteiger partial charge in [0.25, 0.3) is 11.8 Å². The van der Waals surface area contributed by atoms with E-state index in [4.69, 9.17) is 14.2 Å². The number of carbonyl (C=O) groups is 2. The summed E-state index contributed by atoms with van der Waals surface area (Å²) in [6, 6.07) is 16.8. The number of hydrogen-bond donors (Lipinski definition) is 2.